The molecule has 2 aromatic rings. The molecule has 5 nitrogen and oxygen atoms in total. The summed E-state index contributed by atoms with van der Waals surface area (Å²) in [6.07, 6.45) is 3.31. The molecular formula is C12H13BrN4O. The number of carbonyl (C=O) groups is 1. The average Bonchev–Trinajstić information content (AvgIpc) is 2.78. The zero-order chi connectivity index (χ0) is 13.1. The molecule has 2 rings (SSSR count). The number of anilines is 1. The second-order valence-corrected chi connectivity index (χ2v) is 4.75. The van der Waals surface area contributed by atoms with Gasteiger partial charge in [0.1, 0.15) is 6.04 Å². The third-order valence-electron chi connectivity index (χ3n) is 2.50. The number of aryl methyl sites for hydroxylation is 1. The molecule has 18 heavy (non-hydrogen) atoms. The maximum atomic E-state index is 12.0. The summed E-state index contributed by atoms with van der Waals surface area (Å²) in [6.45, 7) is 0. The summed E-state index contributed by atoms with van der Waals surface area (Å²) in [6, 6.07) is 6.64. The molecule has 0 spiro atoms. The van der Waals surface area contributed by atoms with Crippen LogP contribution in [0, 0.1) is 0 Å². The smallest absolute Gasteiger partial charge is 0.246 e. The van der Waals surface area contributed by atoms with Crippen molar-refractivity contribution in [2.75, 3.05) is 5.32 Å². The number of hydrogen-bond donors (Lipinski definition) is 2. The molecule has 1 unspecified atom stereocenters. The molecule has 1 amide bonds. The van der Waals surface area contributed by atoms with Gasteiger partial charge in [-0.15, -0.1) is 0 Å². The molecule has 1 heterocycles. The second kappa shape index (κ2) is 5.32. The molecule has 0 fully saturated rings. The molecule has 1 aromatic heterocycles. The molecule has 0 bridgehead atoms. The summed E-state index contributed by atoms with van der Waals surface area (Å²) >= 11 is 3.36. The summed E-state index contributed by atoms with van der Waals surface area (Å²) < 4.78 is 2.43. The number of benzene rings is 1. The molecule has 1 atom stereocenters. The predicted octanol–water partition coefficient (Wildman–Crippen LogP) is 1.82. The van der Waals surface area contributed by atoms with Crippen LogP contribution >= 0.6 is 15.9 Å². The van der Waals surface area contributed by atoms with Crippen LogP contribution in [-0.2, 0) is 11.8 Å². The monoisotopic (exact) mass is 308 g/mol. The molecule has 94 valence electrons. The maximum absolute atomic E-state index is 12.0. The molecule has 0 aliphatic heterocycles. The number of aromatic nitrogens is 2. The number of rotatable bonds is 3. The molecule has 0 aliphatic carbocycles. The van der Waals surface area contributed by atoms with Gasteiger partial charge >= 0.3 is 0 Å². The van der Waals surface area contributed by atoms with E-state index < -0.39 is 6.04 Å². The van der Waals surface area contributed by atoms with Crippen LogP contribution in [0.25, 0.3) is 0 Å². The minimum absolute atomic E-state index is 0.269. The van der Waals surface area contributed by atoms with E-state index in [1.54, 1.807) is 30.2 Å². The number of nitrogens with two attached hydrogens (primary N) is 1. The molecule has 1 aromatic carbocycles. The highest BCUT2D eigenvalue weighted by molar-refractivity contribution is 9.10. The molecular weight excluding hydrogens is 296 g/mol. The fourth-order valence-electron chi connectivity index (χ4n) is 1.53. The lowest BCUT2D eigenvalue weighted by Crippen LogP contribution is -2.27. The van der Waals surface area contributed by atoms with Crippen molar-refractivity contribution in [1.82, 2.24) is 9.78 Å². The number of nitrogens with zero attached hydrogens (tertiary/aromatic N) is 2. The van der Waals surface area contributed by atoms with E-state index in [2.05, 4.69) is 26.3 Å². The molecule has 0 aliphatic rings. The summed E-state index contributed by atoms with van der Waals surface area (Å²) in [4.78, 5) is 12.0. The van der Waals surface area contributed by atoms with Gasteiger partial charge in [-0.05, 0) is 28.1 Å². The van der Waals surface area contributed by atoms with Gasteiger partial charge < -0.3 is 11.1 Å². The zero-order valence-electron chi connectivity index (χ0n) is 9.80. The summed E-state index contributed by atoms with van der Waals surface area (Å²) in [5.74, 6) is -0.269. The van der Waals surface area contributed by atoms with Crippen LogP contribution in [0.2, 0.25) is 0 Å². The van der Waals surface area contributed by atoms with Crippen molar-refractivity contribution in [2.24, 2.45) is 12.8 Å². The Labute approximate surface area is 113 Å². The van der Waals surface area contributed by atoms with E-state index in [0.717, 1.165) is 4.47 Å². The Bertz CT molecular complexity index is 567. The van der Waals surface area contributed by atoms with Gasteiger partial charge in [-0.25, -0.2) is 0 Å². The molecule has 0 radical (unpaired) electrons. The summed E-state index contributed by atoms with van der Waals surface area (Å²) in [7, 11) is 1.78. The summed E-state index contributed by atoms with van der Waals surface area (Å²) in [5, 5.41) is 6.76. The van der Waals surface area contributed by atoms with Crippen LogP contribution in [0.3, 0.4) is 0 Å². The standard InChI is InChI=1S/C12H13BrN4O/c1-17-7-8(6-15-17)11(14)12(18)16-10-5-3-2-4-9(10)13/h2-7,11H,14H2,1H3,(H,16,18). The Morgan fingerprint density at radius 2 is 2.22 bits per heavy atom. The van der Waals surface area contributed by atoms with Crippen molar-refractivity contribution in [3.8, 4) is 0 Å². The predicted molar refractivity (Wildman–Crippen MR) is 72.9 cm³/mol. The van der Waals surface area contributed by atoms with Gasteiger partial charge in [-0.3, -0.25) is 9.48 Å². The number of para-hydroxylation sites is 1. The van der Waals surface area contributed by atoms with Gasteiger partial charge in [-0.2, -0.15) is 5.10 Å². The quantitative estimate of drug-likeness (QED) is 0.908. The van der Waals surface area contributed by atoms with Crippen LogP contribution in [-0.4, -0.2) is 15.7 Å². The first-order valence-electron chi connectivity index (χ1n) is 5.37. The van der Waals surface area contributed by atoms with E-state index in [1.807, 2.05) is 18.2 Å². The van der Waals surface area contributed by atoms with Gasteiger partial charge in [0.05, 0.1) is 11.9 Å². The Balaban J connectivity index is 2.11. The molecule has 0 saturated carbocycles. The van der Waals surface area contributed by atoms with Gasteiger partial charge in [0, 0.05) is 23.3 Å². The first kappa shape index (κ1) is 12.8. The van der Waals surface area contributed by atoms with Crippen LogP contribution in [0.1, 0.15) is 11.6 Å². The Morgan fingerprint density at radius 1 is 1.50 bits per heavy atom. The SMILES string of the molecule is Cn1cc(C(N)C(=O)Nc2ccccc2Br)cn1. The third-order valence-corrected chi connectivity index (χ3v) is 3.19. The fourth-order valence-corrected chi connectivity index (χ4v) is 1.91. The topological polar surface area (TPSA) is 72.9 Å². The van der Waals surface area contributed by atoms with E-state index in [4.69, 9.17) is 5.73 Å². The van der Waals surface area contributed by atoms with Crippen molar-refractivity contribution >= 4 is 27.5 Å². The lowest BCUT2D eigenvalue weighted by atomic mass is 10.1. The maximum Gasteiger partial charge on any atom is 0.246 e. The van der Waals surface area contributed by atoms with Crippen LogP contribution < -0.4 is 11.1 Å². The van der Waals surface area contributed by atoms with Gasteiger partial charge in [-0.1, -0.05) is 12.1 Å². The largest absolute Gasteiger partial charge is 0.323 e. The van der Waals surface area contributed by atoms with Gasteiger partial charge in [0.15, 0.2) is 0 Å². The first-order chi connectivity index (χ1) is 8.58. The Hall–Kier alpha value is -1.66. The van der Waals surface area contributed by atoms with E-state index in [-0.39, 0.29) is 5.91 Å². The normalized spacial score (nSPS) is 12.2. The number of hydrogen-bond acceptors (Lipinski definition) is 3. The highest BCUT2D eigenvalue weighted by atomic mass is 79.9. The zero-order valence-corrected chi connectivity index (χ0v) is 11.4. The van der Waals surface area contributed by atoms with Crippen LogP contribution in [0.15, 0.2) is 41.1 Å². The molecule has 0 saturated heterocycles. The van der Waals surface area contributed by atoms with Crippen molar-refractivity contribution in [3.63, 3.8) is 0 Å². The minimum Gasteiger partial charge on any atom is -0.323 e. The average molecular weight is 309 g/mol. The summed E-state index contributed by atoms with van der Waals surface area (Å²) in [5.41, 5.74) is 7.25. The van der Waals surface area contributed by atoms with Gasteiger partial charge in [0.25, 0.3) is 0 Å². The van der Waals surface area contributed by atoms with Crippen LogP contribution in [0.4, 0.5) is 5.69 Å². The van der Waals surface area contributed by atoms with E-state index in [0.29, 0.717) is 11.3 Å². The van der Waals surface area contributed by atoms with Crippen molar-refractivity contribution in [1.29, 1.82) is 0 Å². The third kappa shape index (κ3) is 2.77. The van der Waals surface area contributed by atoms with Gasteiger partial charge in [0.2, 0.25) is 5.91 Å². The fraction of sp³-hybridized carbons (Fsp3) is 0.167. The van der Waals surface area contributed by atoms with Crippen molar-refractivity contribution in [3.05, 3.63) is 46.7 Å². The van der Waals surface area contributed by atoms with Crippen LogP contribution in [0.5, 0.6) is 0 Å². The minimum atomic E-state index is -0.731. The lowest BCUT2D eigenvalue weighted by Gasteiger charge is -2.11. The van der Waals surface area contributed by atoms with E-state index in [9.17, 15) is 4.79 Å². The number of halogens is 1. The second-order valence-electron chi connectivity index (χ2n) is 3.89. The lowest BCUT2D eigenvalue weighted by molar-refractivity contribution is -0.117. The van der Waals surface area contributed by atoms with Crippen molar-refractivity contribution < 1.29 is 4.79 Å². The Morgan fingerprint density at radius 3 is 2.83 bits per heavy atom. The van der Waals surface area contributed by atoms with E-state index in [1.165, 1.54) is 0 Å². The van der Waals surface area contributed by atoms with E-state index >= 15 is 0 Å². The first-order valence-corrected chi connectivity index (χ1v) is 6.17. The van der Waals surface area contributed by atoms with Crippen molar-refractivity contribution in [2.45, 2.75) is 6.04 Å². The highest BCUT2D eigenvalue weighted by Gasteiger charge is 2.17. The number of carbonyl (C=O) groups excluding carboxylic acids is 1. The molecule has 3 N–H and O–H groups in total. The Kier molecular flexibility index (Phi) is 3.78. The number of nitrogens with one attached hydrogen (secondary N) is 1. The molecule has 6 heteroatoms. The number of amides is 1. The highest BCUT2D eigenvalue weighted by Crippen LogP contribution is 2.22.